The molecule has 1 saturated carbocycles. The quantitative estimate of drug-likeness (QED) is 0.735. The number of H-pyrrole nitrogens is 1. The molecule has 3 heteroatoms. The molecule has 0 saturated heterocycles. The minimum Gasteiger partial charge on any atom is -0.327 e. The maximum absolute atomic E-state index is 6.21. The third kappa shape index (κ3) is 1.49. The normalized spacial score (nSPS) is 30.5. The largest absolute Gasteiger partial charge is 0.327 e. The molecule has 0 bridgehead atoms. The number of hydrogen-bond donors (Lipinski definition) is 2. The molecule has 2 unspecified atom stereocenters. The summed E-state index contributed by atoms with van der Waals surface area (Å²) < 4.78 is 0. The molecule has 2 atom stereocenters. The number of hydrogen-bond acceptors (Lipinski definition) is 2. The molecule has 0 aromatic carbocycles. The second-order valence-corrected chi connectivity index (χ2v) is 4.97. The average Bonchev–Trinajstić information content (AvgIpc) is 2.80. The molecule has 0 spiro atoms. The van der Waals surface area contributed by atoms with Gasteiger partial charge in [0, 0.05) is 17.7 Å². The summed E-state index contributed by atoms with van der Waals surface area (Å²) in [5.41, 5.74) is 10.4. The molecule has 3 N–H and O–H groups in total. The van der Waals surface area contributed by atoms with Gasteiger partial charge >= 0.3 is 0 Å². The number of nitrogens with zero attached hydrogens (tertiary/aromatic N) is 1. The molecular formula is C12H19N3. The van der Waals surface area contributed by atoms with E-state index in [0.717, 1.165) is 0 Å². The number of nitrogens with one attached hydrogen (secondary N) is 1. The van der Waals surface area contributed by atoms with Crippen LogP contribution in [-0.2, 0) is 12.8 Å². The van der Waals surface area contributed by atoms with Gasteiger partial charge in [-0.2, -0.15) is 5.10 Å². The summed E-state index contributed by atoms with van der Waals surface area (Å²) >= 11 is 0. The Bertz CT molecular complexity index is 356. The molecule has 0 amide bonds. The summed E-state index contributed by atoms with van der Waals surface area (Å²) in [6.45, 7) is 0. The first-order valence-corrected chi connectivity index (χ1v) is 6.18. The minimum absolute atomic E-state index is 0.340. The smallest absolute Gasteiger partial charge is 0.0703 e. The van der Waals surface area contributed by atoms with Crippen LogP contribution in [0, 0.1) is 0 Å². The Balaban J connectivity index is 1.91. The van der Waals surface area contributed by atoms with Crippen LogP contribution in [0.3, 0.4) is 0 Å². The SMILES string of the molecule is NC1CCCCC1c1n[nH]c2c1CCC2. The van der Waals surface area contributed by atoms with E-state index in [9.17, 15) is 0 Å². The third-order valence-electron chi connectivity index (χ3n) is 4.01. The van der Waals surface area contributed by atoms with Crippen molar-refractivity contribution in [1.29, 1.82) is 0 Å². The summed E-state index contributed by atoms with van der Waals surface area (Å²) in [6, 6.07) is 0.340. The molecule has 3 rings (SSSR count). The highest BCUT2D eigenvalue weighted by Crippen LogP contribution is 2.35. The average molecular weight is 205 g/mol. The van der Waals surface area contributed by atoms with Gasteiger partial charge in [-0.25, -0.2) is 0 Å². The lowest BCUT2D eigenvalue weighted by molar-refractivity contribution is 0.378. The van der Waals surface area contributed by atoms with E-state index >= 15 is 0 Å². The van der Waals surface area contributed by atoms with Crippen LogP contribution in [0.4, 0.5) is 0 Å². The second-order valence-electron chi connectivity index (χ2n) is 4.97. The van der Waals surface area contributed by atoms with E-state index < -0.39 is 0 Å². The number of rotatable bonds is 1. The van der Waals surface area contributed by atoms with E-state index in [2.05, 4.69) is 10.2 Å². The molecule has 0 aliphatic heterocycles. The number of aryl methyl sites for hydroxylation is 1. The second kappa shape index (κ2) is 3.63. The Morgan fingerprint density at radius 3 is 2.87 bits per heavy atom. The van der Waals surface area contributed by atoms with Crippen molar-refractivity contribution in [3.8, 4) is 0 Å². The van der Waals surface area contributed by atoms with E-state index in [0.29, 0.717) is 12.0 Å². The van der Waals surface area contributed by atoms with Gasteiger partial charge in [-0.15, -0.1) is 0 Å². The Morgan fingerprint density at radius 1 is 1.13 bits per heavy atom. The molecule has 1 aromatic rings. The number of aromatic amines is 1. The minimum atomic E-state index is 0.340. The Kier molecular flexibility index (Phi) is 2.28. The molecule has 82 valence electrons. The van der Waals surface area contributed by atoms with Gasteiger partial charge in [-0.05, 0) is 37.7 Å². The Hall–Kier alpha value is -0.830. The zero-order valence-corrected chi connectivity index (χ0v) is 9.13. The maximum atomic E-state index is 6.21. The highest BCUT2D eigenvalue weighted by molar-refractivity contribution is 5.32. The maximum Gasteiger partial charge on any atom is 0.0703 e. The van der Waals surface area contributed by atoms with Crippen molar-refractivity contribution < 1.29 is 0 Å². The summed E-state index contributed by atoms with van der Waals surface area (Å²) in [4.78, 5) is 0. The fourth-order valence-electron chi connectivity index (χ4n) is 3.15. The fourth-order valence-corrected chi connectivity index (χ4v) is 3.15. The van der Waals surface area contributed by atoms with E-state index in [4.69, 9.17) is 5.73 Å². The lowest BCUT2D eigenvalue weighted by Gasteiger charge is -2.27. The first kappa shape index (κ1) is 9.40. The lowest BCUT2D eigenvalue weighted by atomic mass is 9.81. The third-order valence-corrected chi connectivity index (χ3v) is 4.01. The van der Waals surface area contributed by atoms with Gasteiger partial charge < -0.3 is 5.73 Å². The van der Waals surface area contributed by atoms with Gasteiger partial charge in [0.15, 0.2) is 0 Å². The number of fused-ring (bicyclic) bond motifs is 1. The van der Waals surface area contributed by atoms with Crippen LogP contribution < -0.4 is 5.73 Å². The molecule has 0 radical (unpaired) electrons. The predicted octanol–water partition coefficient (Wildman–Crippen LogP) is 1.88. The summed E-state index contributed by atoms with van der Waals surface area (Å²) in [5.74, 6) is 0.525. The molecule has 15 heavy (non-hydrogen) atoms. The van der Waals surface area contributed by atoms with Crippen molar-refractivity contribution in [3.05, 3.63) is 17.0 Å². The molecule has 1 fully saturated rings. The van der Waals surface area contributed by atoms with Crippen molar-refractivity contribution in [1.82, 2.24) is 10.2 Å². The molecule has 2 aliphatic rings. The molecule has 1 aromatic heterocycles. The van der Waals surface area contributed by atoms with Gasteiger partial charge in [0.2, 0.25) is 0 Å². The lowest BCUT2D eigenvalue weighted by Crippen LogP contribution is -2.32. The van der Waals surface area contributed by atoms with Crippen LogP contribution in [0.1, 0.15) is 55.0 Å². The standard InChI is InChI=1S/C12H19N3/c13-10-6-2-1-4-8(10)12-9-5-3-7-11(9)14-15-12/h8,10H,1-7,13H2,(H,14,15). The van der Waals surface area contributed by atoms with Crippen LogP contribution in [0.5, 0.6) is 0 Å². The number of aromatic nitrogens is 2. The van der Waals surface area contributed by atoms with E-state index in [1.807, 2.05) is 0 Å². The molecule has 2 aliphatic carbocycles. The number of nitrogens with two attached hydrogens (primary N) is 1. The van der Waals surface area contributed by atoms with E-state index in [-0.39, 0.29) is 0 Å². The van der Waals surface area contributed by atoms with Gasteiger partial charge in [0.25, 0.3) is 0 Å². The topological polar surface area (TPSA) is 54.7 Å². The first-order valence-electron chi connectivity index (χ1n) is 6.18. The van der Waals surface area contributed by atoms with Crippen molar-refractivity contribution in [2.45, 2.75) is 56.9 Å². The van der Waals surface area contributed by atoms with Gasteiger partial charge in [-0.3, -0.25) is 5.10 Å². The van der Waals surface area contributed by atoms with Crippen LogP contribution in [0.25, 0.3) is 0 Å². The van der Waals surface area contributed by atoms with Gasteiger partial charge in [0.05, 0.1) is 5.69 Å². The highest BCUT2D eigenvalue weighted by Gasteiger charge is 2.30. The van der Waals surface area contributed by atoms with Crippen LogP contribution in [0.2, 0.25) is 0 Å². The van der Waals surface area contributed by atoms with Crippen molar-refractivity contribution in [3.63, 3.8) is 0 Å². The zero-order chi connectivity index (χ0) is 10.3. The summed E-state index contributed by atoms with van der Waals surface area (Å²) in [6.07, 6.45) is 8.71. The Morgan fingerprint density at radius 2 is 2.00 bits per heavy atom. The predicted molar refractivity (Wildman–Crippen MR) is 59.8 cm³/mol. The summed E-state index contributed by atoms with van der Waals surface area (Å²) in [7, 11) is 0. The van der Waals surface area contributed by atoms with Gasteiger partial charge in [-0.1, -0.05) is 12.8 Å². The van der Waals surface area contributed by atoms with E-state index in [1.165, 1.54) is 61.9 Å². The molecular weight excluding hydrogens is 186 g/mol. The van der Waals surface area contributed by atoms with Crippen LogP contribution >= 0.6 is 0 Å². The van der Waals surface area contributed by atoms with E-state index in [1.54, 1.807) is 0 Å². The van der Waals surface area contributed by atoms with Crippen LogP contribution in [0.15, 0.2) is 0 Å². The Labute approximate surface area is 90.4 Å². The summed E-state index contributed by atoms with van der Waals surface area (Å²) in [5, 5.41) is 7.71. The zero-order valence-electron chi connectivity index (χ0n) is 9.13. The molecule has 1 heterocycles. The highest BCUT2D eigenvalue weighted by atomic mass is 15.1. The van der Waals surface area contributed by atoms with Crippen molar-refractivity contribution in [2.75, 3.05) is 0 Å². The first-order chi connectivity index (χ1) is 7.36. The molecule has 3 nitrogen and oxygen atoms in total. The van der Waals surface area contributed by atoms with Gasteiger partial charge in [0.1, 0.15) is 0 Å². The van der Waals surface area contributed by atoms with Crippen LogP contribution in [-0.4, -0.2) is 16.2 Å². The monoisotopic (exact) mass is 205 g/mol. The van der Waals surface area contributed by atoms with Crippen molar-refractivity contribution in [2.24, 2.45) is 5.73 Å². The fraction of sp³-hybridized carbons (Fsp3) is 0.750. The van der Waals surface area contributed by atoms with Crippen molar-refractivity contribution >= 4 is 0 Å².